The zero-order chi connectivity index (χ0) is 19.4. The Morgan fingerprint density at radius 1 is 1.19 bits per heavy atom. The minimum absolute atomic E-state index is 0.00674. The highest BCUT2D eigenvalue weighted by Crippen LogP contribution is 2.28. The average Bonchev–Trinajstić information content (AvgIpc) is 3.04. The van der Waals surface area contributed by atoms with Crippen LogP contribution in [0, 0.1) is 0 Å². The number of ether oxygens (including phenoxy) is 1. The number of rotatable bonds is 5. The molecule has 0 saturated carbocycles. The highest BCUT2D eigenvalue weighted by Gasteiger charge is 2.17. The number of nitrogens with zero attached hydrogens (tertiary/aromatic N) is 1. The molecule has 0 aliphatic rings. The summed E-state index contributed by atoms with van der Waals surface area (Å²) in [5, 5.41) is 0.748. The Balaban J connectivity index is 1.50. The van der Waals surface area contributed by atoms with Gasteiger partial charge in [0.25, 0.3) is 5.91 Å². The van der Waals surface area contributed by atoms with Gasteiger partial charge in [-0.25, -0.2) is 4.98 Å². The van der Waals surface area contributed by atoms with Crippen LogP contribution in [0.1, 0.15) is 12.7 Å². The van der Waals surface area contributed by atoms with Crippen LogP contribution in [0.25, 0.3) is 11.0 Å². The van der Waals surface area contributed by atoms with Crippen molar-refractivity contribution in [2.24, 2.45) is 0 Å². The fourth-order valence-electron chi connectivity index (χ4n) is 2.33. The van der Waals surface area contributed by atoms with E-state index in [4.69, 9.17) is 27.9 Å². The van der Waals surface area contributed by atoms with Crippen molar-refractivity contribution in [3.8, 4) is 5.75 Å². The Morgan fingerprint density at radius 2 is 1.96 bits per heavy atom. The number of aromatic amines is 1. The summed E-state index contributed by atoms with van der Waals surface area (Å²) in [6.45, 7) is 1.53. The van der Waals surface area contributed by atoms with E-state index in [1.807, 2.05) is 24.3 Å². The first-order valence-corrected chi connectivity index (χ1v) is 8.82. The number of aromatic nitrogens is 2. The van der Waals surface area contributed by atoms with Gasteiger partial charge in [-0.3, -0.25) is 20.4 Å². The standard InChI is InChI=1S/C18H16Cl2N4O3/c1-10(27-15-7-6-11(19)8-12(15)20)18(26)24-23-17(25)9-16-21-13-4-2-3-5-14(13)22-16/h2-8,10H,9H2,1H3,(H,21,22)(H,23,25)(H,24,26)/t10-/m0/s1. The van der Waals surface area contributed by atoms with Crippen LogP contribution in [-0.2, 0) is 16.0 Å². The van der Waals surface area contributed by atoms with E-state index in [0.717, 1.165) is 11.0 Å². The van der Waals surface area contributed by atoms with Crippen molar-refractivity contribution in [3.05, 3.63) is 58.3 Å². The number of carbonyl (C=O) groups is 2. The molecule has 9 heteroatoms. The fourth-order valence-corrected chi connectivity index (χ4v) is 2.79. The summed E-state index contributed by atoms with van der Waals surface area (Å²) in [5.74, 6) is -0.129. The summed E-state index contributed by atoms with van der Waals surface area (Å²) in [7, 11) is 0. The molecule has 1 heterocycles. The third-order valence-electron chi connectivity index (χ3n) is 3.66. The molecule has 3 aromatic rings. The van der Waals surface area contributed by atoms with E-state index in [0.29, 0.717) is 16.6 Å². The second-order valence-corrected chi connectivity index (χ2v) is 6.59. The average molecular weight is 407 g/mol. The van der Waals surface area contributed by atoms with Gasteiger partial charge in [0.15, 0.2) is 6.10 Å². The molecule has 3 rings (SSSR count). The van der Waals surface area contributed by atoms with Crippen LogP contribution in [0.5, 0.6) is 5.75 Å². The van der Waals surface area contributed by atoms with E-state index in [1.165, 1.54) is 13.0 Å². The molecule has 2 amide bonds. The van der Waals surface area contributed by atoms with Gasteiger partial charge >= 0.3 is 0 Å². The number of benzene rings is 2. The van der Waals surface area contributed by atoms with Gasteiger partial charge in [0, 0.05) is 5.02 Å². The van der Waals surface area contributed by atoms with Crippen LogP contribution in [0.4, 0.5) is 0 Å². The fraction of sp³-hybridized carbons (Fsp3) is 0.167. The highest BCUT2D eigenvalue weighted by atomic mass is 35.5. The molecule has 27 heavy (non-hydrogen) atoms. The van der Waals surface area contributed by atoms with Crippen LogP contribution in [0.2, 0.25) is 10.0 Å². The molecular formula is C18H16Cl2N4O3. The van der Waals surface area contributed by atoms with Gasteiger partial charge in [-0.2, -0.15) is 0 Å². The van der Waals surface area contributed by atoms with Crippen molar-refractivity contribution in [1.82, 2.24) is 20.8 Å². The predicted molar refractivity (Wildman–Crippen MR) is 103 cm³/mol. The summed E-state index contributed by atoms with van der Waals surface area (Å²) in [6, 6.07) is 12.1. The molecule has 0 saturated heterocycles. The summed E-state index contributed by atoms with van der Waals surface area (Å²) >= 11 is 11.8. The van der Waals surface area contributed by atoms with Gasteiger partial charge in [-0.05, 0) is 37.3 Å². The lowest BCUT2D eigenvalue weighted by molar-refractivity contribution is -0.132. The predicted octanol–water partition coefficient (Wildman–Crippen LogP) is 3.03. The molecule has 140 valence electrons. The number of H-pyrrole nitrogens is 1. The first kappa shape index (κ1) is 19.0. The number of amides is 2. The molecule has 0 radical (unpaired) electrons. The Morgan fingerprint density at radius 3 is 2.70 bits per heavy atom. The number of nitrogens with one attached hydrogen (secondary N) is 3. The third-order valence-corrected chi connectivity index (χ3v) is 4.19. The van der Waals surface area contributed by atoms with Crippen molar-refractivity contribution in [2.75, 3.05) is 0 Å². The number of hydrogen-bond acceptors (Lipinski definition) is 4. The smallest absolute Gasteiger partial charge is 0.279 e. The lowest BCUT2D eigenvalue weighted by Gasteiger charge is -2.16. The maximum Gasteiger partial charge on any atom is 0.279 e. The minimum atomic E-state index is -0.879. The first-order chi connectivity index (χ1) is 12.9. The zero-order valence-electron chi connectivity index (χ0n) is 14.3. The Bertz CT molecular complexity index is 957. The molecule has 0 aliphatic heterocycles. The van der Waals surface area contributed by atoms with Crippen LogP contribution in [0.3, 0.4) is 0 Å². The highest BCUT2D eigenvalue weighted by molar-refractivity contribution is 6.35. The molecule has 1 atom stereocenters. The van der Waals surface area contributed by atoms with Crippen LogP contribution >= 0.6 is 23.2 Å². The van der Waals surface area contributed by atoms with E-state index in [1.54, 1.807) is 12.1 Å². The van der Waals surface area contributed by atoms with Crippen LogP contribution in [0.15, 0.2) is 42.5 Å². The zero-order valence-corrected chi connectivity index (χ0v) is 15.8. The largest absolute Gasteiger partial charge is 0.479 e. The maximum absolute atomic E-state index is 12.1. The minimum Gasteiger partial charge on any atom is -0.479 e. The first-order valence-electron chi connectivity index (χ1n) is 8.06. The molecule has 2 aromatic carbocycles. The van der Waals surface area contributed by atoms with Crippen molar-refractivity contribution in [1.29, 1.82) is 0 Å². The second kappa shape index (κ2) is 8.28. The second-order valence-electron chi connectivity index (χ2n) is 5.75. The molecule has 0 spiro atoms. The summed E-state index contributed by atoms with van der Waals surface area (Å²) in [4.78, 5) is 31.4. The Labute approximate surface area is 165 Å². The number of halogens is 2. The topological polar surface area (TPSA) is 96.1 Å². The maximum atomic E-state index is 12.1. The SMILES string of the molecule is C[C@H](Oc1ccc(Cl)cc1Cl)C(=O)NNC(=O)Cc1nc2ccccc2[nH]1. The summed E-state index contributed by atoms with van der Waals surface area (Å²) < 4.78 is 5.48. The Hall–Kier alpha value is -2.77. The summed E-state index contributed by atoms with van der Waals surface area (Å²) in [6.07, 6.45) is -0.886. The van der Waals surface area contributed by atoms with Crippen molar-refractivity contribution >= 4 is 46.0 Å². The molecule has 0 unspecified atom stereocenters. The molecular weight excluding hydrogens is 391 g/mol. The summed E-state index contributed by atoms with van der Waals surface area (Å²) in [5.41, 5.74) is 6.25. The monoisotopic (exact) mass is 406 g/mol. The van der Waals surface area contributed by atoms with Crippen molar-refractivity contribution in [2.45, 2.75) is 19.4 Å². The lowest BCUT2D eigenvalue weighted by atomic mass is 10.3. The quantitative estimate of drug-likeness (QED) is 0.567. The van der Waals surface area contributed by atoms with E-state index >= 15 is 0 Å². The normalized spacial score (nSPS) is 11.8. The molecule has 0 fully saturated rings. The lowest BCUT2D eigenvalue weighted by Crippen LogP contribution is -2.47. The van der Waals surface area contributed by atoms with Gasteiger partial charge in [-0.1, -0.05) is 35.3 Å². The number of para-hydroxylation sites is 2. The number of imidazole rings is 1. The molecule has 7 nitrogen and oxygen atoms in total. The van der Waals surface area contributed by atoms with Crippen molar-refractivity contribution in [3.63, 3.8) is 0 Å². The third kappa shape index (κ3) is 4.90. The van der Waals surface area contributed by atoms with E-state index in [9.17, 15) is 9.59 Å². The van der Waals surface area contributed by atoms with Gasteiger partial charge in [0.2, 0.25) is 5.91 Å². The molecule has 0 bridgehead atoms. The number of fused-ring (bicyclic) bond motifs is 1. The van der Waals surface area contributed by atoms with Crippen LogP contribution < -0.4 is 15.6 Å². The molecule has 0 aliphatic carbocycles. The van der Waals surface area contributed by atoms with Gasteiger partial charge in [-0.15, -0.1) is 0 Å². The number of carbonyl (C=O) groups excluding carboxylic acids is 2. The Kier molecular flexibility index (Phi) is 5.83. The number of hydrogen-bond donors (Lipinski definition) is 3. The van der Waals surface area contributed by atoms with E-state index in [2.05, 4.69) is 20.8 Å². The molecule has 1 aromatic heterocycles. The van der Waals surface area contributed by atoms with Gasteiger partial charge < -0.3 is 9.72 Å². The van der Waals surface area contributed by atoms with E-state index < -0.39 is 17.9 Å². The van der Waals surface area contributed by atoms with Gasteiger partial charge in [0.05, 0.1) is 22.5 Å². The van der Waals surface area contributed by atoms with Crippen LogP contribution in [-0.4, -0.2) is 27.9 Å². The number of hydrazine groups is 1. The van der Waals surface area contributed by atoms with Crippen molar-refractivity contribution < 1.29 is 14.3 Å². The van der Waals surface area contributed by atoms with E-state index in [-0.39, 0.29) is 11.4 Å². The van der Waals surface area contributed by atoms with Gasteiger partial charge in [0.1, 0.15) is 11.6 Å². The molecule has 3 N–H and O–H groups in total.